The van der Waals surface area contributed by atoms with E-state index < -0.39 is 0 Å². The summed E-state index contributed by atoms with van der Waals surface area (Å²) in [4.78, 5) is 0. The fourth-order valence-electron chi connectivity index (χ4n) is 5.02. The molecule has 0 aliphatic carbocycles. The summed E-state index contributed by atoms with van der Waals surface area (Å²) in [6, 6.07) is 26.7. The number of unbranched alkanes of at least 4 members (excludes halogenated alkanes) is 10. The second kappa shape index (κ2) is 26.1. The van der Waals surface area contributed by atoms with Crippen molar-refractivity contribution < 1.29 is 18.5 Å². The van der Waals surface area contributed by atoms with Gasteiger partial charge in [-0.05, 0) is 145 Å². The molecule has 4 aromatic rings. The summed E-state index contributed by atoms with van der Waals surface area (Å²) in [7, 11) is 0.711. The van der Waals surface area contributed by atoms with Crippen molar-refractivity contribution in [2.75, 3.05) is 0 Å². The van der Waals surface area contributed by atoms with Crippen molar-refractivity contribution in [3.8, 4) is 16.9 Å². The largest absolute Gasteiger partial charge is 0.569 e. The van der Waals surface area contributed by atoms with E-state index in [1.54, 1.807) is 18.2 Å². The first-order valence-electron chi connectivity index (χ1n) is 17.1. The van der Waals surface area contributed by atoms with Crippen LogP contribution in [0.2, 0.25) is 0 Å². The van der Waals surface area contributed by atoms with Crippen LogP contribution in [0.25, 0.3) is 11.1 Å². The molecule has 0 saturated heterocycles. The van der Waals surface area contributed by atoms with Crippen LogP contribution in [-0.2, 0) is 12.8 Å². The van der Waals surface area contributed by atoms with E-state index in [2.05, 4.69) is 105 Å². The minimum absolute atomic E-state index is 0.207. The number of halogens is 5. The van der Waals surface area contributed by atoms with Gasteiger partial charge in [0.1, 0.15) is 11.6 Å². The van der Waals surface area contributed by atoms with Crippen LogP contribution < -0.4 is 4.65 Å². The first-order valence-corrected chi connectivity index (χ1v) is 19.8. The zero-order chi connectivity index (χ0) is 35.0. The van der Waals surface area contributed by atoms with Crippen molar-refractivity contribution in [2.45, 2.75) is 104 Å². The summed E-state index contributed by atoms with van der Waals surface area (Å²) in [6.07, 6.45) is 18.2. The molecule has 8 heteroatoms. The molecule has 0 heterocycles. The van der Waals surface area contributed by atoms with Crippen LogP contribution in [0.15, 0.2) is 93.9 Å². The molecule has 0 bridgehead atoms. The van der Waals surface area contributed by atoms with E-state index in [4.69, 9.17) is 9.68 Å². The van der Waals surface area contributed by atoms with Crippen LogP contribution >= 0.6 is 54.5 Å². The number of benzene rings is 4. The standard InChI is InChI=1S/C20H24BrF.C14H22BO2.C6H3BrFI/c1-2-3-4-5-6-7-8-16-9-11-17(12-10-16)18-13-14-19(21)20(22)15-18;1-2-3-4-5-6-7-8-13-9-11-14(12-10-13)17-15-16;7-5-2-1-4(9)3-6(5)8/h9-15H,2-8H2,1H3;9-12,16H,2-8H2,1H3;1-3H. The SMILES string of the molecule is CCCCCCCCc1ccc(-c2ccc(Br)c(F)c2)cc1.CCCCCCCCc1ccc(O[B]O)cc1.Fc1cc(I)ccc1Br. The van der Waals surface area contributed by atoms with E-state index in [0.29, 0.717) is 22.4 Å². The maximum atomic E-state index is 13.6. The van der Waals surface area contributed by atoms with E-state index in [9.17, 15) is 8.78 Å². The highest BCUT2D eigenvalue weighted by Gasteiger charge is 2.04. The van der Waals surface area contributed by atoms with Gasteiger partial charge in [0.05, 0.1) is 14.7 Å². The Labute approximate surface area is 319 Å². The quantitative estimate of drug-likeness (QED) is 0.0495. The van der Waals surface area contributed by atoms with Crippen molar-refractivity contribution >= 4 is 62.1 Å². The molecule has 4 aromatic carbocycles. The van der Waals surface area contributed by atoms with Gasteiger partial charge in [-0.15, -0.1) is 0 Å². The van der Waals surface area contributed by atoms with Crippen molar-refractivity contribution in [1.82, 2.24) is 0 Å². The van der Waals surface area contributed by atoms with Crippen LogP contribution in [0.4, 0.5) is 8.78 Å². The molecule has 0 aromatic heterocycles. The van der Waals surface area contributed by atoms with E-state index in [-0.39, 0.29) is 11.6 Å². The first-order chi connectivity index (χ1) is 23.3. The van der Waals surface area contributed by atoms with Crippen LogP contribution in [0.5, 0.6) is 5.75 Å². The lowest BCUT2D eigenvalue weighted by molar-refractivity contribution is 0.453. The van der Waals surface area contributed by atoms with Gasteiger partial charge in [-0.3, -0.25) is 0 Å². The van der Waals surface area contributed by atoms with Gasteiger partial charge >= 0.3 is 7.69 Å². The molecule has 0 fully saturated rings. The number of hydrogen-bond acceptors (Lipinski definition) is 2. The second-order valence-electron chi connectivity index (χ2n) is 11.8. The van der Waals surface area contributed by atoms with Gasteiger partial charge < -0.3 is 9.68 Å². The zero-order valence-corrected chi connectivity index (χ0v) is 33.6. The first kappa shape index (κ1) is 42.4. The Hall–Kier alpha value is -1.75. The maximum absolute atomic E-state index is 13.6. The van der Waals surface area contributed by atoms with Gasteiger partial charge in [0.15, 0.2) is 0 Å². The zero-order valence-electron chi connectivity index (χ0n) is 28.3. The minimum Gasteiger partial charge on any atom is -0.537 e. The van der Waals surface area contributed by atoms with Crippen molar-refractivity contribution in [2.24, 2.45) is 0 Å². The topological polar surface area (TPSA) is 29.5 Å². The van der Waals surface area contributed by atoms with Crippen LogP contribution in [0.3, 0.4) is 0 Å². The smallest absolute Gasteiger partial charge is 0.537 e. The number of rotatable bonds is 17. The Morgan fingerprint density at radius 3 is 1.48 bits per heavy atom. The monoisotopic (exact) mass is 895 g/mol. The molecule has 1 radical (unpaired) electrons. The summed E-state index contributed by atoms with van der Waals surface area (Å²) in [5, 5.41) is 8.49. The maximum Gasteiger partial charge on any atom is 0.569 e. The third-order valence-corrected chi connectivity index (χ3v) is 9.80. The van der Waals surface area contributed by atoms with Crippen molar-refractivity contribution in [1.29, 1.82) is 0 Å². The van der Waals surface area contributed by atoms with E-state index in [1.807, 2.05) is 24.3 Å². The Morgan fingerprint density at radius 2 is 1.02 bits per heavy atom. The molecule has 0 unspecified atom stereocenters. The molecule has 0 amide bonds. The normalized spacial score (nSPS) is 10.4. The lowest BCUT2D eigenvalue weighted by Gasteiger charge is -2.06. The fourth-order valence-corrected chi connectivity index (χ4v) is 5.97. The molecule has 0 spiro atoms. The third kappa shape index (κ3) is 18.3. The molecule has 259 valence electrons. The van der Waals surface area contributed by atoms with Gasteiger partial charge in [-0.25, -0.2) is 8.78 Å². The summed E-state index contributed by atoms with van der Waals surface area (Å²) in [5.41, 5.74) is 4.70. The summed E-state index contributed by atoms with van der Waals surface area (Å²) < 4.78 is 32.9. The van der Waals surface area contributed by atoms with Gasteiger partial charge in [-0.2, -0.15) is 0 Å². The highest BCUT2D eigenvalue weighted by Crippen LogP contribution is 2.25. The molecule has 0 atom stereocenters. The van der Waals surface area contributed by atoms with E-state index in [1.165, 1.54) is 94.2 Å². The van der Waals surface area contributed by atoms with Gasteiger partial charge in [0.2, 0.25) is 0 Å². The van der Waals surface area contributed by atoms with Crippen LogP contribution in [-0.4, -0.2) is 12.7 Å². The number of hydrogen-bond donors (Lipinski definition) is 1. The third-order valence-electron chi connectivity index (χ3n) is 7.84. The predicted molar refractivity (Wildman–Crippen MR) is 216 cm³/mol. The lowest BCUT2D eigenvalue weighted by Crippen LogP contribution is -1.99. The summed E-state index contributed by atoms with van der Waals surface area (Å²) in [6.45, 7) is 4.49. The molecule has 1 N–H and O–H groups in total. The van der Waals surface area contributed by atoms with Gasteiger partial charge in [0, 0.05) is 3.57 Å². The lowest BCUT2D eigenvalue weighted by atomic mass is 10.0. The summed E-state index contributed by atoms with van der Waals surface area (Å²) >= 11 is 8.30. The van der Waals surface area contributed by atoms with E-state index in [0.717, 1.165) is 27.5 Å². The Balaban J connectivity index is 0.000000272. The van der Waals surface area contributed by atoms with E-state index >= 15 is 0 Å². The van der Waals surface area contributed by atoms with Gasteiger partial charge in [-0.1, -0.05) is 121 Å². The molecule has 0 saturated carbocycles. The molecule has 48 heavy (non-hydrogen) atoms. The predicted octanol–water partition coefficient (Wildman–Crippen LogP) is 13.8. The van der Waals surface area contributed by atoms with Crippen molar-refractivity contribution in [3.63, 3.8) is 0 Å². The molecule has 0 aliphatic rings. The second-order valence-corrected chi connectivity index (χ2v) is 14.7. The molecular formula is C40H49BBr2F2IO2. The average Bonchev–Trinajstić information content (AvgIpc) is 3.09. The molecular weight excluding hydrogens is 848 g/mol. The average molecular weight is 897 g/mol. The van der Waals surface area contributed by atoms with Gasteiger partial charge in [0.25, 0.3) is 0 Å². The molecule has 0 aliphatic heterocycles. The Kier molecular flexibility index (Phi) is 23.1. The van der Waals surface area contributed by atoms with Crippen molar-refractivity contribution in [3.05, 3.63) is 120 Å². The van der Waals surface area contributed by atoms with Crippen LogP contribution in [0, 0.1) is 15.2 Å². The highest BCUT2D eigenvalue weighted by molar-refractivity contribution is 14.1. The summed E-state index contributed by atoms with van der Waals surface area (Å²) in [5.74, 6) is 0.259. The highest BCUT2D eigenvalue weighted by atomic mass is 127. The fraction of sp³-hybridized carbons (Fsp3) is 0.400. The molecule has 4 rings (SSSR count). The number of aryl methyl sites for hydroxylation is 2. The molecule has 2 nitrogen and oxygen atoms in total. The Morgan fingerprint density at radius 1 is 0.583 bits per heavy atom. The minimum atomic E-state index is -0.214. The Bertz CT molecular complexity index is 1420. The van der Waals surface area contributed by atoms with Crippen LogP contribution in [0.1, 0.15) is 102 Å².